The lowest BCUT2D eigenvalue weighted by atomic mass is 10.2. The van der Waals surface area contributed by atoms with Crippen molar-refractivity contribution < 1.29 is 14.3 Å². The second kappa shape index (κ2) is 9.17. The number of anilines is 2. The number of benzene rings is 1. The minimum Gasteiger partial charge on any atom is -0.465 e. The number of hydrogen-bond acceptors (Lipinski definition) is 6. The first-order valence-corrected chi connectivity index (χ1v) is 8.31. The topological polar surface area (TPSA) is 83.6 Å². The van der Waals surface area contributed by atoms with Crippen LogP contribution in [0.2, 0.25) is 5.02 Å². The Balaban J connectivity index is 2.11. The molecule has 0 saturated heterocycles. The fourth-order valence-corrected chi connectivity index (χ4v) is 2.31. The molecule has 138 valence electrons. The van der Waals surface area contributed by atoms with Gasteiger partial charge in [-0.15, -0.1) is 0 Å². The van der Waals surface area contributed by atoms with E-state index in [0.29, 0.717) is 21.8 Å². The van der Waals surface area contributed by atoms with E-state index in [0.717, 1.165) is 18.8 Å². The molecule has 26 heavy (non-hydrogen) atoms. The summed E-state index contributed by atoms with van der Waals surface area (Å²) in [6.45, 7) is 1.58. The van der Waals surface area contributed by atoms with Crippen molar-refractivity contribution in [1.29, 1.82) is 0 Å². The maximum Gasteiger partial charge on any atom is 0.337 e. The SMILES string of the molecule is COC(=O)c1ccc(Cl)c(NC(=O)c2cncc(NCCN(C)C)c2)c1. The van der Waals surface area contributed by atoms with Gasteiger partial charge in [-0.1, -0.05) is 11.6 Å². The Kier molecular flexibility index (Phi) is 6.94. The summed E-state index contributed by atoms with van der Waals surface area (Å²) in [7, 11) is 5.25. The zero-order valence-electron chi connectivity index (χ0n) is 14.9. The predicted octanol–water partition coefficient (Wildman–Crippen LogP) is 2.75. The third kappa shape index (κ3) is 5.44. The van der Waals surface area contributed by atoms with Gasteiger partial charge in [0, 0.05) is 25.5 Å². The standard InChI is InChI=1S/C18H21ClN4O3/c1-23(2)7-6-21-14-8-13(10-20-11-14)17(24)22-16-9-12(18(25)26-3)4-5-15(16)19/h4-5,8-11,21H,6-7H2,1-3H3,(H,22,24). The molecule has 2 aromatic rings. The molecule has 0 spiro atoms. The van der Waals surface area contributed by atoms with Crippen molar-refractivity contribution in [3.05, 3.63) is 52.8 Å². The first kappa shape index (κ1) is 19.7. The van der Waals surface area contributed by atoms with Crippen LogP contribution in [0.5, 0.6) is 0 Å². The van der Waals surface area contributed by atoms with Gasteiger partial charge in [0.2, 0.25) is 0 Å². The van der Waals surface area contributed by atoms with Crippen LogP contribution in [0.1, 0.15) is 20.7 Å². The van der Waals surface area contributed by atoms with Gasteiger partial charge in [0.15, 0.2) is 0 Å². The molecule has 1 heterocycles. The number of pyridine rings is 1. The van der Waals surface area contributed by atoms with Gasteiger partial charge >= 0.3 is 5.97 Å². The van der Waals surface area contributed by atoms with Crippen LogP contribution in [0, 0.1) is 0 Å². The van der Waals surface area contributed by atoms with Gasteiger partial charge in [-0.3, -0.25) is 9.78 Å². The highest BCUT2D eigenvalue weighted by atomic mass is 35.5. The molecule has 0 aliphatic rings. The summed E-state index contributed by atoms with van der Waals surface area (Å²) in [4.78, 5) is 30.2. The number of amides is 1. The maximum absolute atomic E-state index is 12.5. The molecule has 0 aliphatic carbocycles. The molecule has 2 N–H and O–H groups in total. The zero-order chi connectivity index (χ0) is 19.1. The van der Waals surface area contributed by atoms with E-state index >= 15 is 0 Å². The molecule has 0 atom stereocenters. The number of halogens is 1. The van der Waals surface area contributed by atoms with Gasteiger partial charge in [-0.05, 0) is 38.4 Å². The molecule has 1 aromatic carbocycles. The third-order valence-corrected chi connectivity index (χ3v) is 3.85. The number of nitrogens with zero attached hydrogens (tertiary/aromatic N) is 2. The molecule has 0 fully saturated rings. The Morgan fingerprint density at radius 1 is 1.19 bits per heavy atom. The van der Waals surface area contributed by atoms with Crippen molar-refractivity contribution in [2.45, 2.75) is 0 Å². The van der Waals surface area contributed by atoms with Gasteiger partial charge in [0.05, 0.1) is 34.6 Å². The lowest BCUT2D eigenvalue weighted by molar-refractivity contribution is 0.0600. The third-order valence-electron chi connectivity index (χ3n) is 3.52. The van der Waals surface area contributed by atoms with Crippen LogP contribution < -0.4 is 10.6 Å². The Labute approximate surface area is 157 Å². The van der Waals surface area contributed by atoms with E-state index < -0.39 is 5.97 Å². The minimum absolute atomic E-state index is 0.296. The second-order valence-electron chi connectivity index (χ2n) is 5.83. The highest BCUT2D eigenvalue weighted by Crippen LogP contribution is 2.24. The maximum atomic E-state index is 12.5. The summed E-state index contributed by atoms with van der Waals surface area (Å²) in [5.41, 5.74) is 1.74. The van der Waals surface area contributed by atoms with Gasteiger partial charge in [0.1, 0.15) is 0 Å². The summed E-state index contributed by atoms with van der Waals surface area (Å²) in [5.74, 6) is -0.886. The Morgan fingerprint density at radius 3 is 2.65 bits per heavy atom. The molecule has 8 heteroatoms. The Bertz CT molecular complexity index is 796. The van der Waals surface area contributed by atoms with Gasteiger partial charge in [-0.25, -0.2) is 4.79 Å². The van der Waals surface area contributed by atoms with Crippen LogP contribution in [-0.2, 0) is 4.74 Å². The monoisotopic (exact) mass is 376 g/mol. The largest absolute Gasteiger partial charge is 0.465 e. The Morgan fingerprint density at radius 2 is 1.96 bits per heavy atom. The number of rotatable bonds is 7. The highest BCUT2D eigenvalue weighted by Gasteiger charge is 2.13. The molecule has 0 radical (unpaired) electrons. The average molecular weight is 377 g/mol. The quantitative estimate of drug-likeness (QED) is 0.723. The smallest absolute Gasteiger partial charge is 0.337 e. The Hall–Kier alpha value is -2.64. The van der Waals surface area contributed by atoms with Crippen LogP contribution in [0.3, 0.4) is 0 Å². The number of methoxy groups -OCH3 is 1. The van der Waals surface area contributed by atoms with Crippen LogP contribution in [0.4, 0.5) is 11.4 Å². The molecular formula is C18H21ClN4O3. The number of carbonyl (C=O) groups is 2. The van der Waals surface area contributed by atoms with Crippen molar-refractivity contribution in [3.8, 4) is 0 Å². The first-order chi connectivity index (χ1) is 12.4. The van der Waals surface area contributed by atoms with Gasteiger partial charge in [-0.2, -0.15) is 0 Å². The molecule has 1 aromatic heterocycles. The number of carbonyl (C=O) groups excluding carboxylic acids is 2. The van der Waals surface area contributed by atoms with E-state index in [9.17, 15) is 9.59 Å². The number of nitrogens with one attached hydrogen (secondary N) is 2. The van der Waals surface area contributed by atoms with E-state index in [1.807, 2.05) is 19.0 Å². The molecule has 2 rings (SSSR count). The summed E-state index contributed by atoms with van der Waals surface area (Å²) in [5, 5.41) is 6.22. The first-order valence-electron chi connectivity index (χ1n) is 7.93. The highest BCUT2D eigenvalue weighted by molar-refractivity contribution is 6.34. The van der Waals surface area contributed by atoms with Crippen molar-refractivity contribution in [3.63, 3.8) is 0 Å². The molecule has 7 nitrogen and oxygen atoms in total. The molecular weight excluding hydrogens is 356 g/mol. The normalized spacial score (nSPS) is 10.5. The van der Waals surface area contributed by atoms with Crippen molar-refractivity contribution in [2.24, 2.45) is 0 Å². The summed E-state index contributed by atoms with van der Waals surface area (Å²) < 4.78 is 4.67. The van der Waals surface area contributed by atoms with Crippen molar-refractivity contribution in [2.75, 3.05) is 44.9 Å². The predicted molar refractivity (Wildman–Crippen MR) is 102 cm³/mol. The lowest BCUT2D eigenvalue weighted by Crippen LogP contribution is -2.21. The summed E-state index contributed by atoms with van der Waals surface area (Å²) in [6.07, 6.45) is 3.11. The van der Waals surface area contributed by atoms with Crippen LogP contribution >= 0.6 is 11.6 Å². The van der Waals surface area contributed by atoms with E-state index in [-0.39, 0.29) is 5.91 Å². The van der Waals surface area contributed by atoms with E-state index in [2.05, 4.69) is 20.4 Å². The minimum atomic E-state index is -0.508. The van der Waals surface area contributed by atoms with Crippen molar-refractivity contribution >= 4 is 34.9 Å². The summed E-state index contributed by atoms with van der Waals surface area (Å²) >= 11 is 6.11. The molecule has 0 aliphatic heterocycles. The summed E-state index contributed by atoms with van der Waals surface area (Å²) in [6, 6.07) is 6.23. The molecule has 1 amide bonds. The molecule has 0 saturated carbocycles. The van der Waals surface area contributed by atoms with Gasteiger partial charge < -0.3 is 20.3 Å². The average Bonchev–Trinajstić information content (AvgIpc) is 2.62. The van der Waals surface area contributed by atoms with E-state index in [4.69, 9.17) is 11.6 Å². The van der Waals surface area contributed by atoms with Crippen molar-refractivity contribution in [1.82, 2.24) is 9.88 Å². The molecule has 0 unspecified atom stereocenters. The lowest BCUT2D eigenvalue weighted by Gasteiger charge is -2.12. The fourth-order valence-electron chi connectivity index (χ4n) is 2.15. The number of hydrogen-bond donors (Lipinski definition) is 2. The van der Waals surface area contributed by atoms with Crippen LogP contribution in [-0.4, -0.2) is 56.1 Å². The zero-order valence-corrected chi connectivity index (χ0v) is 15.6. The number of esters is 1. The number of aromatic nitrogens is 1. The van der Waals surface area contributed by atoms with E-state index in [1.54, 1.807) is 12.3 Å². The second-order valence-corrected chi connectivity index (χ2v) is 6.24. The van der Waals surface area contributed by atoms with E-state index in [1.165, 1.54) is 31.5 Å². The number of likely N-dealkylation sites (N-methyl/N-ethyl adjacent to an activating group) is 1. The van der Waals surface area contributed by atoms with Gasteiger partial charge in [0.25, 0.3) is 5.91 Å². The van der Waals surface area contributed by atoms with Crippen LogP contribution in [0.15, 0.2) is 36.7 Å². The fraction of sp³-hybridized carbons (Fsp3) is 0.278. The molecule has 0 bridgehead atoms. The van der Waals surface area contributed by atoms with Crippen LogP contribution in [0.25, 0.3) is 0 Å². The number of ether oxygens (including phenoxy) is 1.